The van der Waals surface area contributed by atoms with E-state index in [0.717, 1.165) is 6.42 Å². The fourth-order valence-electron chi connectivity index (χ4n) is 2.12. The summed E-state index contributed by atoms with van der Waals surface area (Å²) in [5.74, 6) is 0. The van der Waals surface area contributed by atoms with Crippen molar-refractivity contribution < 1.29 is 4.74 Å². The molecule has 0 aliphatic rings. The van der Waals surface area contributed by atoms with Gasteiger partial charge in [-0.15, -0.1) is 0 Å². The Bertz CT molecular complexity index is 375. The molecule has 3 heteroatoms. The number of hydrogen-bond donors (Lipinski definition) is 1. The average molecular weight is 250 g/mol. The number of nitrogens with one attached hydrogen (secondary N) is 1. The second-order valence-electron chi connectivity index (χ2n) is 5.62. The minimum absolute atomic E-state index is 0.0977. The summed E-state index contributed by atoms with van der Waals surface area (Å²) in [6.07, 6.45) is 0.964. The summed E-state index contributed by atoms with van der Waals surface area (Å²) in [7, 11) is 5.88. The van der Waals surface area contributed by atoms with Gasteiger partial charge in [-0.05, 0) is 39.3 Å². The zero-order chi connectivity index (χ0) is 13.8. The van der Waals surface area contributed by atoms with Crippen LogP contribution >= 0.6 is 0 Å². The maximum Gasteiger partial charge on any atom is 0.0642 e. The first-order valence-electron chi connectivity index (χ1n) is 6.44. The Labute approximate surface area is 111 Å². The van der Waals surface area contributed by atoms with Gasteiger partial charge in [0.25, 0.3) is 0 Å². The van der Waals surface area contributed by atoms with Gasteiger partial charge in [0.1, 0.15) is 0 Å². The van der Waals surface area contributed by atoms with Crippen LogP contribution in [0.4, 0.5) is 11.4 Å². The van der Waals surface area contributed by atoms with Crippen LogP contribution in [0.15, 0.2) is 24.3 Å². The van der Waals surface area contributed by atoms with Crippen LogP contribution in [0.2, 0.25) is 0 Å². The quantitative estimate of drug-likeness (QED) is 0.837. The van der Waals surface area contributed by atoms with Crippen LogP contribution < -0.4 is 10.2 Å². The van der Waals surface area contributed by atoms with Crippen molar-refractivity contribution in [3.63, 3.8) is 0 Å². The maximum absolute atomic E-state index is 5.47. The largest absolute Gasteiger partial charge is 0.381 e. The summed E-state index contributed by atoms with van der Waals surface area (Å²) in [6.45, 7) is 6.42. The molecule has 0 radical (unpaired) electrons. The van der Waals surface area contributed by atoms with Gasteiger partial charge < -0.3 is 15.0 Å². The summed E-state index contributed by atoms with van der Waals surface area (Å²) in [5, 5.41) is 3.56. The van der Waals surface area contributed by atoms with Crippen LogP contribution in [0.5, 0.6) is 0 Å². The van der Waals surface area contributed by atoms with Gasteiger partial charge in [-0.25, -0.2) is 0 Å². The lowest BCUT2D eigenvalue weighted by molar-refractivity contribution is 0.0128. The lowest BCUT2D eigenvalue weighted by atomic mass is 9.99. The molecule has 0 aromatic heterocycles. The molecule has 0 amide bonds. The zero-order valence-electron chi connectivity index (χ0n) is 12.4. The summed E-state index contributed by atoms with van der Waals surface area (Å²) in [4.78, 5) is 2.12. The molecule has 0 bridgehead atoms. The van der Waals surface area contributed by atoms with Crippen LogP contribution in [0.1, 0.15) is 27.2 Å². The number of nitrogens with zero attached hydrogens (tertiary/aromatic N) is 1. The van der Waals surface area contributed by atoms with Gasteiger partial charge in [-0.3, -0.25) is 0 Å². The lowest BCUT2D eigenvalue weighted by Gasteiger charge is -2.29. The molecule has 0 spiro atoms. The molecule has 0 saturated carbocycles. The molecule has 0 fully saturated rings. The lowest BCUT2D eigenvalue weighted by Crippen LogP contribution is -2.31. The van der Waals surface area contributed by atoms with E-state index < -0.39 is 0 Å². The van der Waals surface area contributed by atoms with E-state index in [9.17, 15) is 0 Å². The molecule has 0 aliphatic carbocycles. The van der Waals surface area contributed by atoms with Gasteiger partial charge in [0.2, 0.25) is 0 Å². The molecule has 0 saturated heterocycles. The molecular formula is C15H26N2O. The molecule has 1 atom stereocenters. The molecular weight excluding hydrogens is 224 g/mol. The SMILES string of the molecule is COC(C)(C)CC(C)Nc1ccccc1N(C)C. The van der Waals surface area contributed by atoms with Crippen LogP contribution in [0.25, 0.3) is 0 Å². The number of benzene rings is 1. The van der Waals surface area contributed by atoms with Crippen molar-refractivity contribution in [2.24, 2.45) is 0 Å². The fourth-order valence-corrected chi connectivity index (χ4v) is 2.12. The topological polar surface area (TPSA) is 24.5 Å². The molecule has 0 aliphatic heterocycles. The smallest absolute Gasteiger partial charge is 0.0642 e. The number of para-hydroxylation sites is 2. The molecule has 1 aromatic carbocycles. The first-order valence-corrected chi connectivity index (χ1v) is 6.44. The Morgan fingerprint density at radius 2 is 1.89 bits per heavy atom. The van der Waals surface area contributed by atoms with E-state index in [0.29, 0.717) is 6.04 Å². The highest BCUT2D eigenvalue weighted by molar-refractivity contribution is 5.69. The van der Waals surface area contributed by atoms with Crippen molar-refractivity contribution in [2.45, 2.75) is 38.8 Å². The Morgan fingerprint density at radius 3 is 2.44 bits per heavy atom. The highest BCUT2D eigenvalue weighted by Crippen LogP contribution is 2.26. The molecule has 1 rings (SSSR count). The van der Waals surface area contributed by atoms with Gasteiger partial charge in [0.15, 0.2) is 0 Å². The third kappa shape index (κ3) is 4.22. The predicted molar refractivity (Wildman–Crippen MR) is 79.6 cm³/mol. The fraction of sp³-hybridized carbons (Fsp3) is 0.600. The molecule has 0 heterocycles. The first-order chi connectivity index (χ1) is 8.35. The summed E-state index contributed by atoms with van der Waals surface area (Å²) < 4.78 is 5.47. The predicted octanol–water partition coefficient (Wildman–Crippen LogP) is 3.37. The second kappa shape index (κ2) is 6.10. The number of hydrogen-bond acceptors (Lipinski definition) is 3. The van der Waals surface area contributed by atoms with E-state index in [-0.39, 0.29) is 5.60 Å². The Hall–Kier alpha value is -1.22. The Morgan fingerprint density at radius 1 is 1.28 bits per heavy atom. The van der Waals surface area contributed by atoms with Crippen LogP contribution in [-0.2, 0) is 4.74 Å². The summed E-state index contributed by atoms with van der Waals surface area (Å²) >= 11 is 0. The zero-order valence-corrected chi connectivity index (χ0v) is 12.4. The first kappa shape index (κ1) is 14.8. The average Bonchev–Trinajstić information content (AvgIpc) is 2.28. The van der Waals surface area contributed by atoms with Gasteiger partial charge in [-0.2, -0.15) is 0 Å². The Balaban J connectivity index is 2.73. The van der Waals surface area contributed by atoms with Crippen LogP contribution in [0.3, 0.4) is 0 Å². The number of ether oxygens (including phenoxy) is 1. The van der Waals surface area contributed by atoms with E-state index in [1.165, 1.54) is 11.4 Å². The van der Waals surface area contributed by atoms with E-state index in [2.05, 4.69) is 69.3 Å². The van der Waals surface area contributed by atoms with Gasteiger partial charge in [0, 0.05) is 27.2 Å². The second-order valence-corrected chi connectivity index (χ2v) is 5.62. The molecule has 1 N–H and O–H groups in total. The van der Waals surface area contributed by atoms with Crippen LogP contribution in [-0.4, -0.2) is 32.8 Å². The molecule has 102 valence electrons. The minimum atomic E-state index is -0.0977. The van der Waals surface area contributed by atoms with Crippen molar-refractivity contribution in [3.05, 3.63) is 24.3 Å². The van der Waals surface area contributed by atoms with Gasteiger partial charge in [0.05, 0.1) is 17.0 Å². The van der Waals surface area contributed by atoms with Crippen molar-refractivity contribution in [2.75, 3.05) is 31.4 Å². The number of methoxy groups -OCH3 is 1. The number of anilines is 2. The normalized spacial score (nSPS) is 13.2. The van der Waals surface area contributed by atoms with Gasteiger partial charge >= 0.3 is 0 Å². The van der Waals surface area contributed by atoms with Gasteiger partial charge in [-0.1, -0.05) is 12.1 Å². The minimum Gasteiger partial charge on any atom is -0.381 e. The molecule has 1 aromatic rings. The van der Waals surface area contributed by atoms with E-state index in [1.807, 2.05) is 0 Å². The molecule has 1 unspecified atom stereocenters. The Kier molecular flexibility index (Phi) is 5.03. The van der Waals surface area contributed by atoms with Crippen molar-refractivity contribution in [3.8, 4) is 0 Å². The van der Waals surface area contributed by atoms with E-state index >= 15 is 0 Å². The van der Waals surface area contributed by atoms with Crippen molar-refractivity contribution in [1.82, 2.24) is 0 Å². The third-order valence-electron chi connectivity index (χ3n) is 3.14. The van der Waals surface area contributed by atoms with E-state index in [1.54, 1.807) is 7.11 Å². The molecule has 3 nitrogen and oxygen atoms in total. The van der Waals surface area contributed by atoms with Crippen molar-refractivity contribution >= 4 is 11.4 Å². The van der Waals surface area contributed by atoms with Crippen LogP contribution in [0, 0.1) is 0 Å². The van der Waals surface area contributed by atoms with E-state index in [4.69, 9.17) is 4.74 Å². The summed E-state index contributed by atoms with van der Waals surface area (Å²) in [5.41, 5.74) is 2.28. The maximum atomic E-state index is 5.47. The highest BCUT2D eigenvalue weighted by atomic mass is 16.5. The standard InChI is InChI=1S/C15H26N2O/c1-12(11-15(2,3)18-6)16-13-9-7-8-10-14(13)17(4)5/h7-10,12,16H,11H2,1-6H3. The third-order valence-corrected chi connectivity index (χ3v) is 3.14. The molecule has 18 heavy (non-hydrogen) atoms. The number of rotatable bonds is 6. The monoisotopic (exact) mass is 250 g/mol. The summed E-state index contributed by atoms with van der Waals surface area (Å²) in [6, 6.07) is 8.72. The van der Waals surface area contributed by atoms with Crippen molar-refractivity contribution in [1.29, 1.82) is 0 Å². The highest BCUT2D eigenvalue weighted by Gasteiger charge is 2.20.